The second-order valence-electron chi connectivity index (χ2n) is 4.67. The molecule has 1 atom stereocenters. The van der Waals surface area contributed by atoms with Gasteiger partial charge in [-0.05, 0) is 24.1 Å². The fourth-order valence-electron chi connectivity index (χ4n) is 2.20. The molecule has 2 aromatic rings. The van der Waals surface area contributed by atoms with Crippen molar-refractivity contribution in [1.29, 1.82) is 0 Å². The molecule has 19 heavy (non-hydrogen) atoms. The predicted molar refractivity (Wildman–Crippen MR) is 71.5 cm³/mol. The van der Waals surface area contributed by atoms with Crippen molar-refractivity contribution >= 4 is 5.97 Å². The maximum Gasteiger partial charge on any atom is 0.335 e. The van der Waals surface area contributed by atoms with Gasteiger partial charge in [0, 0.05) is 5.92 Å². The zero-order chi connectivity index (χ0) is 14.0. The monoisotopic (exact) mass is 255 g/mol. The van der Waals surface area contributed by atoms with Crippen molar-refractivity contribution in [1.82, 2.24) is 0 Å². The number of hydrogen-bond acceptors (Lipinski definition) is 2. The van der Waals surface area contributed by atoms with E-state index >= 15 is 0 Å². The Morgan fingerprint density at radius 3 is 2.42 bits per heavy atom. The van der Waals surface area contributed by atoms with Crippen LogP contribution in [0, 0.1) is 6.92 Å². The number of benzene rings is 2. The fourth-order valence-corrected chi connectivity index (χ4v) is 2.20. The number of aromatic carboxylic acids is 1. The van der Waals surface area contributed by atoms with Crippen molar-refractivity contribution in [3.63, 3.8) is 0 Å². The Morgan fingerprint density at radius 1 is 1.21 bits per heavy atom. The molecule has 0 saturated heterocycles. The molecule has 0 aliphatic rings. The van der Waals surface area contributed by atoms with Crippen LogP contribution in [0.5, 0.6) is 5.75 Å². The zero-order valence-corrected chi connectivity index (χ0v) is 10.9. The lowest BCUT2D eigenvalue weighted by Crippen LogP contribution is -2.10. The third-order valence-corrected chi connectivity index (χ3v) is 3.26. The summed E-state index contributed by atoms with van der Waals surface area (Å²) in [6.45, 7) is 3.71. The van der Waals surface area contributed by atoms with Gasteiger partial charge in [-0.3, -0.25) is 0 Å². The molecule has 0 spiro atoms. The highest BCUT2D eigenvalue weighted by Crippen LogP contribution is 2.32. The van der Waals surface area contributed by atoms with E-state index in [1.54, 1.807) is 13.0 Å². The summed E-state index contributed by atoms with van der Waals surface area (Å²) in [5, 5.41) is 21.3. The predicted octanol–water partition coefficient (Wildman–Crippen LogP) is 2.92. The Bertz CT molecular complexity index is 603. The molecule has 0 aliphatic carbocycles. The van der Waals surface area contributed by atoms with Gasteiger partial charge in [-0.2, -0.15) is 0 Å². The quantitative estimate of drug-likeness (QED) is 0.917. The van der Waals surface area contributed by atoms with E-state index in [2.05, 4.69) is 0 Å². The standard InChI is InChI=1S/C16H16O3/c1-10-8-13(15(17)14(9-10)16(18)19)11(2)12-6-4-3-5-7-12/h3-9,11,17H,1-2H3,(H,18,19)/p-1. The topological polar surface area (TPSA) is 60.4 Å². The summed E-state index contributed by atoms with van der Waals surface area (Å²) in [6, 6.07) is 12.8. The van der Waals surface area contributed by atoms with Crippen molar-refractivity contribution < 1.29 is 15.0 Å². The van der Waals surface area contributed by atoms with Gasteiger partial charge < -0.3 is 10.2 Å². The van der Waals surface area contributed by atoms with E-state index in [4.69, 9.17) is 5.11 Å². The van der Waals surface area contributed by atoms with E-state index in [1.165, 1.54) is 6.07 Å². The van der Waals surface area contributed by atoms with Gasteiger partial charge in [0.1, 0.15) is 0 Å². The van der Waals surface area contributed by atoms with Gasteiger partial charge in [-0.15, -0.1) is 0 Å². The summed E-state index contributed by atoms with van der Waals surface area (Å²) in [6.07, 6.45) is 0. The van der Waals surface area contributed by atoms with Crippen molar-refractivity contribution in [2.24, 2.45) is 0 Å². The highest BCUT2D eigenvalue weighted by Gasteiger charge is 2.14. The summed E-state index contributed by atoms with van der Waals surface area (Å²) in [7, 11) is 0. The molecule has 1 N–H and O–H groups in total. The smallest absolute Gasteiger partial charge is 0.335 e. The van der Waals surface area contributed by atoms with Crippen LogP contribution in [0.25, 0.3) is 0 Å². The molecular formula is C16H15O3-. The normalized spacial score (nSPS) is 12.1. The van der Waals surface area contributed by atoms with Gasteiger partial charge in [-0.25, -0.2) is 4.79 Å². The minimum Gasteiger partial charge on any atom is -0.872 e. The van der Waals surface area contributed by atoms with E-state index in [1.807, 2.05) is 37.3 Å². The molecule has 0 bridgehead atoms. The number of carbonyl (C=O) groups is 1. The van der Waals surface area contributed by atoms with E-state index in [0.29, 0.717) is 5.56 Å². The summed E-state index contributed by atoms with van der Waals surface area (Å²) in [4.78, 5) is 11.1. The molecule has 2 rings (SSSR count). The molecule has 98 valence electrons. The lowest BCUT2D eigenvalue weighted by Gasteiger charge is -2.23. The van der Waals surface area contributed by atoms with Gasteiger partial charge in [0.15, 0.2) is 0 Å². The molecule has 0 aliphatic heterocycles. The first kappa shape index (κ1) is 13.1. The fraction of sp³-hybridized carbons (Fsp3) is 0.188. The zero-order valence-electron chi connectivity index (χ0n) is 10.9. The van der Waals surface area contributed by atoms with Crippen molar-refractivity contribution in [3.8, 4) is 5.75 Å². The van der Waals surface area contributed by atoms with Gasteiger partial charge in [0.25, 0.3) is 0 Å². The Balaban J connectivity index is 2.54. The van der Waals surface area contributed by atoms with Crippen LogP contribution in [-0.4, -0.2) is 11.1 Å². The average molecular weight is 255 g/mol. The van der Waals surface area contributed by atoms with Gasteiger partial charge >= 0.3 is 5.97 Å². The molecule has 0 radical (unpaired) electrons. The number of aryl methyl sites for hydroxylation is 1. The van der Waals surface area contributed by atoms with E-state index in [0.717, 1.165) is 11.1 Å². The van der Waals surface area contributed by atoms with E-state index in [-0.39, 0.29) is 11.5 Å². The van der Waals surface area contributed by atoms with Crippen molar-refractivity contribution in [2.45, 2.75) is 19.8 Å². The molecule has 3 heteroatoms. The van der Waals surface area contributed by atoms with Crippen LogP contribution < -0.4 is 5.11 Å². The molecule has 3 nitrogen and oxygen atoms in total. The van der Waals surface area contributed by atoms with Crippen LogP contribution in [0.15, 0.2) is 42.5 Å². The van der Waals surface area contributed by atoms with Crippen LogP contribution >= 0.6 is 0 Å². The molecule has 2 aromatic carbocycles. The second kappa shape index (κ2) is 5.14. The first-order chi connectivity index (χ1) is 9.00. The average Bonchev–Trinajstić information content (AvgIpc) is 2.41. The van der Waals surface area contributed by atoms with E-state index < -0.39 is 11.7 Å². The lowest BCUT2D eigenvalue weighted by atomic mass is 9.90. The van der Waals surface area contributed by atoms with Crippen LogP contribution in [0.3, 0.4) is 0 Å². The Kier molecular flexibility index (Phi) is 3.56. The van der Waals surface area contributed by atoms with Crippen LogP contribution in [0.4, 0.5) is 0 Å². The molecule has 0 heterocycles. The van der Waals surface area contributed by atoms with Gasteiger partial charge in [0.05, 0.1) is 5.56 Å². The molecule has 0 aromatic heterocycles. The van der Waals surface area contributed by atoms with Crippen molar-refractivity contribution in [2.75, 3.05) is 0 Å². The Labute approximate surface area is 112 Å². The van der Waals surface area contributed by atoms with Gasteiger partial charge in [-0.1, -0.05) is 54.6 Å². The highest BCUT2D eigenvalue weighted by molar-refractivity contribution is 5.91. The maximum atomic E-state index is 12.2. The third kappa shape index (κ3) is 2.60. The largest absolute Gasteiger partial charge is 0.872 e. The number of carboxylic acids is 1. The number of rotatable bonds is 3. The summed E-state index contributed by atoms with van der Waals surface area (Å²) in [5.41, 5.74) is 2.16. The van der Waals surface area contributed by atoms with E-state index in [9.17, 15) is 9.90 Å². The minimum absolute atomic E-state index is 0.119. The highest BCUT2D eigenvalue weighted by atomic mass is 16.4. The summed E-state index contributed by atoms with van der Waals surface area (Å²) < 4.78 is 0. The molecule has 0 amide bonds. The first-order valence-electron chi connectivity index (χ1n) is 6.10. The number of carboxylic acid groups (broad SMARTS) is 1. The van der Waals surface area contributed by atoms with Crippen LogP contribution in [0.1, 0.15) is 39.9 Å². The molecular weight excluding hydrogens is 240 g/mol. The Morgan fingerprint density at radius 2 is 1.84 bits per heavy atom. The SMILES string of the molecule is Cc1cc(C(=O)O)c([O-])c(C(C)c2ccccc2)c1. The first-order valence-corrected chi connectivity index (χ1v) is 6.10. The second-order valence-corrected chi connectivity index (χ2v) is 4.67. The molecule has 1 unspecified atom stereocenters. The summed E-state index contributed by atoms with van der Waals surface area (Å²) >= 11 is 0. The van der Waals surface area contributed by atoms with Crippen LogP contribution in [-0.2, 0) is 0 Å². The third-order valence-electron chi connectivity index (χ3n) is 3.26. The number of hydrogen-bond donors (Lipinski definition) is 1. The molecule has 0 fully saturated rings. The minimum atomic E-state index is -1.17. The molecule has 0 saturated carbocycles. The van der Waals surface area contributed by atoms with Crippen LogP contribution in [0.2, 0.25) is 0 Å². The summed E-state index contributed by atoms with van der Waals surface area (Å²) in [5.74, 6) is -1.68. The lowest BCUT2D eigenvalue weighted by molar-refractivity contribution is -0.270. The Hall–Kier alpha value is -2.29. The van der Waals surface area contributed by atoms with Crippen molar-refractivity contribution in [3.05, 3.63) is 64.7 Å². The van der Waals surface area contributed by atoms with Gasteiger partial charge in [0.2, 0.25) is 0 Å². The maximum absolute atomic E-state index is 12.2.